The number of benzene rings is 2. The summed E-state index contributed by atoms with van der Waals surface area (Å²) < 4.78 is 14.9. The fraction of sp³-hybridized carbons (Fsp3) is 0.211. The third-order valence-corrected chi connectivity index (χ3v) is 5.69. The van der Waals surface area contributed by atoms with Gasteiger partial charge in [-0.25, -0.2) is 4.39 Å². The number of rotatable bonds is 7. The number of hydrogen-bond donors (Lipinski definition) is 1. The minimum atomic E-state index is -0.263. The van der Waals surface area contributed by atoms with Crippen molar-refractivity contribution >= 4 is 46.6 Å². The molecule has 0 unspecified atom stereocenters. The minimum absolute atomic E-state index is 0.0815. The zero-order chi connectivity index (χ0) is 20.1. The Labute approximate surface area is 176 Å². The van der Waals surface area contributed by atoms with Gasteiger partial charge in [-0.05, 0) is 42.8 Å². The lowest BCUT2D eigenvalue weighted by Gasteiger charge is -2.09. The second kappa shape index (κ2) is 9.41. The van der Waals surface area contributed by atoms with Gasteiger partial charge in [0, 0.05) is 18.0 Å². The van der Waals surface area contributed by atoms with Gasteiger partial charge < -0.3 is 9.88 Å². The van der Waals surface area contributed by atoms with E-state index in [2.05, 4.69) is 15.5 Å². The Kier molecular flexibility index (Phi) is 6.93. The van der Waals surface area contributed by atoms with Crippen molar-refractivity contribution in [1.82, 2.24) is 14.8 Å². The lowest BCUT2D eigenvalue weighted by molar-refractivity contribution is -0.115. The Morgan fingerprint density at radius 2 is 1.89 bits per heavy atom. The Hall–Kier alpha value is -2.09. The van der Waals surface area contributed by atoms with Gasteiger partial charge in [-0.3, -0.25) is 4.79 Å². The van der Waals surface area contributed by atoms with Gasteiger partial charge in [0.15, 0.2) is 5.16 Å². The van der Waals surface area contributed by atoms with Crippen molar-refractivity contribution in [1.29, 1.82) is 0 Å². The van der Waals surface area contributed by atoms with E-state index in [-0.39, 0.29) is 18.1 Å². The van der Waals surface area contributed by atoms with E-state index >= 15 is 0 Å². The van der Waals surface area contributed by atoms with Crippen LogP contribution in [0.25, 0.3) is 0 Å². The van der Waals surface area contributed by atoms with E-state index in [0.717, 1.165) is 5.56 Å². The Bertz CT molecular complexity index is 979. The summed E-state index contributed by atoms with van der Waals surface area (Å²) in [4.78, 5) is 12.4. The summed E-state index contributed by atoms with van der Waals surface area (Å²) in [7, 11) is 0. The fourth-order valence-corrected chi connectivity index (χ4v) is 3.80. The molecule has 1 amide bonds. The van der Waals surface area contributed by atoms with Gasteiger partial charge in [-0.15, -0.1) is 10.2 Å². The first kappa shape index (κ1) is 20.6. The number of carbonyl (C=O) groups is 1. The highest BCUT2D eigenvalue weighted by atomic mass is 35.5. The molecule has 0 saturated carbocycles. The molecular formula is C19H17Cl2FN4OS. The molecule has 0 radical (unpaired) electrons. The molecule has 0 aliphatic carbocycles. The van der Waals surface area contributed by atoms with Crippen LogP contribution in [0.4, 0.5) is 10.1 Å². The Morgan fingerprint density at radius 1 is 1.14 bits per heavy atom. The smallest absolute Gasteiger partial charge is 0.232 e. The van der Waals surface area contributed by atoms with Crippen LogP contribution >= 0.6 is 35.0 Å². The van der Waals surface area contributed by atoms with E-state index in [1.54, 1.807) is 30.3 Å². The third kappa shape index (κ3) is 5.25. The number of nitrogens with one attached hydrogen (secondary N) is 1. The van der Waals surface area contributed by atoms with Gasteiger partial charge in [-0.1, -0.05) is 47.1 Å². The highest BCUT2D eigenvalue weighted by Crippen LogP contribution is 2.25. The van der Waals surface area contributed by atoms with Crippen molar-refractivity contribution in [2.45, 2.75) is 30.8 Å². The summed E-state index contributed by atoms with van der Waals surface area (Å²) in [6, 6.07) is 11.2. The van der Waals surface area contributed by atoms with E-state index in [1.807, 2.05) is 11.5 Å². The molecule has 0 fully saturated rings. The van der Waals surface area contributed by atoms with Gasteiger partial charge in [0.2, 0.25) is 5.91 Å². The summed E-state index contributed by atoms with van der Waals surface area (Å²) >= 11 is 13.3. The molecule has 28 heavy (non-hydrogen) atoms. The van der Waals surface area contributed by atoms with Gasteiger partial charge in [0.05, 0.1) is 16.5 Å². The summed E-state index contributed by atoms with van der Waals surface area (Å²) in [5, 5.41) is 12.6. The molecule has 0 aliphatic rings. The number of halogens is 3. The normalized spacial score (nSPS) is 10.9. The summed E-state index contributed by atoms with van der Waals surface area (Å²) in [6.45, 7) is 2.60. The standard InChI is InChI=1S/C19H17Cl2FN4OS/c1-2-26-17(10-18(27)23-14-7-8-15(20)16(21)9-14)24-25-19(26)28-11-12-3-5-13(22)6-4-12/h3-9H,2,10-11H2,1H3,(H,23,27). The van der Waals surface area contributed by atoms with Crippen LogP contribution in [-0.4, -0.2) is 20.7 Å². The zero-order valence-electron chi connectivity index (χ0n) is 15.0. The second-order valence-electron chi connectivity index (χ2n) is 5.91. The summed E-state index contributed by atoms with van der Waals surface area (Å²) in [6.07, 6.45) is 0.0815. The van der Waals surface area contributed by atoms with Gasteiger partial charge >= 0.3 is 0 Å². The van der Waals surface area contributed by atoms with Crippen LogP contribution in [0.3, 0.4) is 0 Å². The van der Waals surface area contributed by atoms with Crippen LogP contribution in [0.5, 0.6) is 0 Å². The van der Waals surface area contributed by atoms with Crippen LogP contribution < -0.4 is 5.32 Å². The summed E-state index contributed by atoms with van der Waals surface area (Å²) in [5.41, 5.74) is 1.55. The Balaban J connectivity index is 1.64. The number of anilines is 1. The molecule has 3 rings (SSSR count). The first-order valence-electron chi connectivity index (χ1n) is 8.50. The molecule has 1 N–H and O–H groups in total. The predicted octanol–water partition coefficient (Wildman–Crippen LogP) is 5.22. The monoisotopic (exact) mass is 438 g/mol. The molecule has 146 valence electrons. The molecule has 3 aromatic rings. The van der Waals surface area contributed by atoms with E-state index in [1.165, 1.54) is 23.9 Å². The van der Waals surface area contributed by atoms with Gasteiger partial charge in [0.1, 0.15) is 11.6 Å². The number of aromatic nitrogens is 3. The number of carbonyl (C=O) groups excluding carboxylic acids is 1. The average molecular weight is 439 g/mol. The number of hydrogen-bond acceptors (Lipinski definition) is 4. The molecule has 5 nitrogen and oxygen atoms in total. The molecule has 0 aliphatic heterocycles. The number of amides is 1. The molecule has 0 bridgehead atoms. The molecule has 2 aromatic carbocycles. The van der Waals surface area contributed by atoms with Gasteiger partial charge in [0.25, 0.3) is 0 Å². The first-order chi connectivity index (χ1) is 13.5. The fourth-order valence-electron chi connectivity index (χ4n) is 2.53. The maximum absolute atomic E-state index is 13.0. The lowest BCUT2D eigenvalue weighted by atomic mass is 10.2. The predicted molar refractivity (Wildman–Crippen MR) is 110 cm³/mol. The van der Waals surface area contributed by atoms with Crippen molar-refractivity contribution in [3.05, 3.63) is 69.7 Å². The van der Waals surface area contributed by atoms with E-state index in [9.17, 15) is 9.18 Å². The first-order valence-corrected chi connectivity index (χ1v) is 10.2. The molecule has 0 saturated heterocycles. The Morgan fingerprint density at radius 3 is 2.57 bits per heavy atom. The lowest BCUT2D eigenvalue weighted by Crippen LogP contribution is -2.17. The quantitative estimate of drug-likeness (QED) is 0.513. The largest absolute Gasteiger partial charge is 0.326 e. The maximum atomic E-state index is 13.0. The van der Waals surface area contributed by atoms with Crippen molar-refractivity contribution in [2.75, 3.05) is 5.32 Å². The van der Waals surface area contributed by atoms with E-state index in [0.29, 0.717) is 39.0 Å². The number of thioether (sulfide) groups is 1. The van der Waals surface area contributed by atoms with Crippen molar-refractivity contribution in [3.8, 4) is 0 Å². The highest BCUT2D eigenvalue weighted by Gasteiger charge is 2.15. The minimum Gasteiger partial charge on any atom is -0.326 e. The second-order valence-corrected chi connectivity index (χ2v) is 7.67. The maximum Gasteiger partial charge on any atom is 0.232 e. The third-order valence-electron chi connectivity index (χ3n) is 3.91. The molecule has 9 heteroatoms. The summed E-state index contributed by atoms with van der Waals surface area (Å²) in [5.74, 6) is 0.714. The van der Waals surface area contributed by atoms with Crippen LogP contribution in [-0.2, 0) is 23.5 Å². The van der Waals surface area contributed by atoms with Crippen molar-refractivity contribution in [2.24, 2.45) is 0 Å². The van der Waals surface area contributed by atoms with Crippen LogP contribution in [0.2, 0.25) is 10.0 Å². The molecule has 1 aromatic heterocycles. The van der Waals surface area contributed by atoms with Gasteiger partial charge in [-0.2, -0.15) is 0 Å². The topological polar surface area (TPSA) is 59.8 Å². The van der Waals surface area contributed by atoms with E-state index in [4.69, 9.17) is 23.2 Å². The molecule has 0 spiro atoms. The number of nitrogens with zero attached hydrogens (tertiary/aromatic N) is 3. The molecule has 1 heterocycles. The van der Waals surface area contributed by atoms with E-state index < -0.39 is 0 Å². The average Bonchev–Trinajstić information content (AvgIpc) is 3.05. The molecular weight excluding hydrogens is 422 g/mol. The zero-order valence-corrected chi connectivity index (χ0v) is 17.3. The highest BCUT2D eigenvalue weighted by molar-refractivity contribution is 7.98. The van der Waals surface area contributed by atoms with Crippen LogP contribution in [0.1, 0.15) is 18.3 Å². The van der Waals surface area contributed by atoms with Crippen LogP contribution in [0, 0.1) is 5.82 Å². The van der Waals surface area contributed by atoms with Crippen molar-refractivity contribution in [3.63, 3.8) is 0 Å². The molecule has 0 atom stereocenters. The van der Waals surface area contributed by atoms with Crippen LogP contribution in [0.15, 0.2) is 47.6 Å². The SMILES string of the molecule is CCn1c(CC(=O)Nc2ccc(Cl)c(Cl)c2)nnc1SCc1ccc(F)cc1. The van der Waals surface area contributed by atoms with Crippen molar-refractivity contribution < 1.29 is 9.18 Å².